The molecule has 0 bridgehead atoms. The number of nitrogens with one attached hydrogen (secondary N) is 1. The van der Waals surface area contributed by atoms with Gasteiger partial charge in [0.25, 0.3) is 0 Å². The summed E-state index contributed by atoms with van der Waals surface area (Å²) in [6.07, 6.45) is 5.28. The minimum Gasteiger partial charge on any atom is -0.481 e. The van der Waals surface area contributed by atoms with E-state index >= 15 is 0 Å². The maximum atomic E-state index is 10.4. The standard InChI is InChI=1S/C10H10N4O2S/c15-9(16)2-1-7-5-17-10(13-7)14-8-3-11-6-12-4-8/h3-6H,1-2H2,(H,13,14)(H,15,16). The Balaban J connectivity index is 1.97. The van der Waals surface area contributed by atoms with Crippen LogP contribution in [0.25, 0.3) is 0 Å². The lowest BCUT2D eigenvalue weighted by atomic mass is 10.2. The number of anilines is 2. The molecular formula is C10H10N4O2S. The van der Waals surface area contributed by atoms with Crippen molar-refractivity contribution in [3.63, 3.8) is 0 Å². The van der Waals surface area contributed by atoms with Crippen LogP contribution < -0.4 is 5.32 Å². The minimum atomic E-state index is -0.816. The third-order valence-electron chi connectivity index (χ3n) is 1.96. The summed E-state index contributed by atoms with van der Waals surface area (Å²) in [5, 5.41) is 14.2. The van der Waals surface area contributed by atoms with Crippen LogP contribution in [-0.4, -0.2) is 26.0 Å². The van der Waals surface area contributed by atoms with Gasteiger partial charge in [-0.25, -0.2) is 15.0 Å². The molecule has 0 saturated carbocycles. The van der Waals surface area contributed by atoms with Gasteiger partial charge in [-0.3, -0.25) is 4.79 Å². The summed E-state index contributed by atoms with van der Waals surface area (Å²) in [5.74, 6) is -0.816. The lowest BCUT2D eigenvalue weighted by Gasteiger charge is -1.99. The summed E-state index contributed by atoms with van der Waals surface area (Å²) in [7, 11) is 0. The molecule has 0 amide bonds. The molecule has 0 atom stereocenters. The predicted octanol–water partition coefficient (Wildman–Crippen LogP) is 1.69. The van der Waals surface area contributed by atoms with Gasteiger partial charge in [-0.05, 0) is 0 Å². The molecule has 7 heteroatoms. The van der Waals surface area contributed by atoms with Crippen LogP contribution in [0.15, 0.2) is 24.1 Å². The quantitative estimate of drug-likeness (QED) is 0.839. The van der Waals surface area contributed by atoms with Gasteiger partial charge < -0.3 is 10.4 Å². The highest BCUT2D eigenvalue weighted by Gasteiger charge is 2.04. The third-order valence-corrected chi connectivity index (χ3v) is 2.77. The largest absolute Gasteiger partial charge is 0.481 e. The highest BCUT2D eigenvalue weighted by atomic mass is 32.1. The maximum Gasteiger partial charge on any atom is 0.303 e. The topological polar surface area (TPSA) is 88.0 Å². The molecule has 0 radical (unpaired) electrons. The average Bonchev–Trinajstić information content (AvgIpc) is 2.75. The van der Waals surface area contributed by atoms with Crippen molar-refractivity contribution in [3.8, 4) is 0 Å². The predicted molar refractivity (Wildman–Crippen MR) is 63.4 cm³/mol. The number of nitrogens with zero attached hydrogens (tertiary/aromatic N) is 3. The molecule has 0 spiro atoms. The smallest absolute Gasteiger partial charge is 0.303 e. The van der Waals surface area contributed by atoms with Gasteiger partial charge >= 0.3 is 5.97 Å². The van der Waals surface area contributed by atoms with E-state index in [0.29, 0.717) is 11.6 Å². The zero-order chi connectivity index (χ0) is 12.1. The molecule has 0 fully saturated rings. The molecule has 6 nitrogen and oxygen atoms in total. The molecule has 0 saturated heterocycles. The SMILES string of the molecule is O=C(O)CCc1csc(Nc2cncnc2)n1. The lowest BCUT2D eigenvalue weighted by Crippen LogP contribution is -1.98. The Hall–Kier alpha value is -2.02. The molecule has 2 heterocycles. The number of aliphatic carboxylic acids is 1. The van der Waals surface area contributed by atoms with Crippen LogP contribution in [0, 0.1) is 0 Å². The van der Waals surface area contributed by atoms with Crippen LogP contribution in [0.4, 0.5) is 10.8 Å². The number of aromatic nitrogens is 3. The van der Waals surface area contributed by atoms with Crippen LogP contribution in [0.3, 0.4) is 0 Å². The normalized spacial score (nSPS) is 10.1. The summed E-state index contributed by atoms with van der Waals surface area (Å²) < 4.78 is 0. The van der Waals surface area contributed by atoms with E-state index in [1.165, 1.54) is 17.7 Å². The van der Waals surface area contributed by atoms with E-state index < -0.39 is 5.97 Å². The highest BCUT2D eigenvalue weighted by molar-refractivity contribution is 7.13. The first-order valence-corrected chi connectivity index (χ1v) is 5.80. The van der Waals surface area contributed by atoms with Gasteiger partial charge in [0.15, 0.2) is 5.13 Å². The van der Waals surface area contributed by atoms with Crippen molar-refractivity contribution in [2.75, 3.05) is 5.32 Å². The van der Waals surface area contributed by atoms with Crippen LogP contribution in [0.5, 0.6) is 0 Å². The summed E-state index contributed by atoms with van der Waals surface area (Å²) in [6.45, 7) is 0. The number of rotatable bonds is 5. The zero-order valence-corrected chi connectivity index (χ0v) is 9.65. The molecule has 2 aromatic heterocycles. The van der Waals surface area contributed by atoms with Crippen LogP contribution >= 0.6 is 11.3 Å². The highest BCUT2D eigenvalue weighted by Crippen LogP contribution is 2.20. The van der Waals surface area contributed by atoms with Crippen molar-refractivity contribution in [2.24, 2.45) is 0 Å². The molecule has 0 aliphatic rings. The van der Waals surface area contributed by atoms with Gasteiger partial charge in [-0.2, -0.15) is 0 Å². The Morgan fingerprint density at radius 1 is 1.41 bits per heavy atom. The molecule has 88 valence electrons. The van der Waals surface area contributed by atoms with E-state index in [1.54, 1.807) is 12.4 Å². The first-order chi connectivity index (χ1) is 8.24. The van der Waals surface area contributed by atoms with E-state index in [-0.39, 0.29) is 6.42 Å². The Bertz CT molecular complexity index is 500. The summed E-state index contributed by atoms with van der Waals surface area (Å²) >= 11 is 1.43. The van der Waals surface area contributed by atoms with Gasteiger partial charge in [0.1, 0.15) is 6.33 Å². The summed E-state index contributed by atoms with van der Waals surface area (Å²) in [6, 6.07) is 0. The first kappa shape index (κ1) is 11.5. The minimum absolute atomic E-state index is 0.0949. The number of hydrogen-bond donors (Lipinski definition) is 2. The lowest BCUT2D eigenvalue weighted by molar-refractivity contribution is -0.136. The van der Waals surface area contributed by atoms with Gasteiger partial charge in [0.2, 0.25) is 0 Å². The van der Waals surface area contributed by atoms with Crippen molar-refractivity contribution in [1.82, 2.24) is 15.0 Å². The first-order valence-electron chi connectivity index (χ1n) is 4.92. The number of carboxylic acid groups (broad SMARTS) is 1. The monoisotopic (exact) mass is 250 g/mol. The van der Waals surface area contributed by atoms with E-state index in [0.717, 1.165) is 11.4 Å². The molecule has 2 N–H and O–H groups in total. The number of aryl methyl sites for hydroxylation is 1. The molecule has 2 aromatic rings. The molecule has 0 unspecified atom stereocenters. The molecular weight excluding hydrogens is 240 g/mol. The fourth-order valence-electron chi connectivity index (χ4n) is 1.20. The second kappa shape index (κ2) is 5.35. The van der Waals surface area contributed by atoms with Crippen molar-refractivity contribution in [2.45, 2.75) is 12.8 Å². The fourth-order valence-corrected chi connectivity index (χ4v) is 1.97. The van der Waals surface area contributed by atoms with Crippen molar-refractivity contribution < 1.29 is 9.90 Å². The Morgan fingerprint density at radius 3 is 2.88 bits per heavy atom. The van der Waals surface area contributed by atoms with Gasteiger partial charge in [0, 0.05) is 11.8 Å². The molecule has 0 aromatic carbocycles. The van der Waals surface area contributed by atoms with Gasteiger partial charge in [-0.15, -0.1) is 11.3 Å². The number of carboxylic acids is 1. The van der Waals surface area contributed by atoms with E-state index in [1.807, 2.05) is 5.38 Å². The Morgan fingerprint density at radius 2 is 2.18 bits per heavy atom. The maximum absolute atomic E-state index is 10.4. The van der Waals surface area contributed by atoms with E-state index in [2.05, 4.69) is 20.3 Å². The van der Waals surface area contributed by atoms with Crippen LogP contribution in [-0.2, 0) is 11.2 Å². The molecule has 0 aliphatic heterocycles. The van der Waals surface area contributed by atoms with E-state index in [9.17, 15) is 4.79 Å². The summed E-state index contributed by atoms with van der Waals surface area (Å²) in [5.41, 5.74) is 1.53. The molecule has 2 rings (SSSR count). The summed E-state index contributed by atoms with van der Waals surface area (Å²) in [4.78, 5) is 22.4. The van der Waals surface area contributed by atoms with Crippen molar-refractivity contribution >= 4 is 28.1 Å². The molecule has 17 heavy (non-hydrogen) atoms. The van der Waals surface area contributed by atoms with Crippen LogP contribution in [0.1, 0.15) is 12.1 Å². The number of hydrogen-bond acceptors (Lipinski definition) is 6. The Kier molecular flexibility index (Phi) is 3.61. The Labute approximate surface area is 101 Å². The second-order valence-electron chi connectivity index (χ2n) is 3.29. The second-order valence-corrected chi connectivity index (χ2v) is 4.15. The van der Waals surface area contributed by atoms with Crippen molar-refractivity contribution in [3.05, 3.63) is 29.8 Å². The number of carbonyl (C=O) groups is 1. The molecule has 0 aliphatic carbocycles. The van der Waals surface area contributed by atoms with Crippen molar-refractivity contribution in [1.29, 1.82) is 0 Å². The van der Waals surface area contributed by atoms with Crippen LogP contribution in [0.2, 0.25) is 0 Å². The zero-order valence-electron chi connectivity index (χ0n) is 8.83. The fraction of sp³-hybridized carbons (Fsp3) is 0.200. The van der Waals surface area contributed by atoms with E-state index in [4.69, 9.17) is 5.11 Å². The third kappa shape index (κ3) is 3.49. The average molecular weight is 250 g/mol. The van der Waals surface area contributed by atoms with Gasteiger partial charge in [0.05, 0.1) is 30.2 Å². The number of thiazole rings is 1. The van der Waals surface area contributed by atoms with Gasteiger partial charge in [-0.1, -0.05) is 0 Å².